The van der Waals surface area contributed by atoms with Gasteiger partial charge in [0.1, 0.15) is 0 Å². The van der Waals surface area contributed by atoms with Crippen molar-refractivity contribution in [1.82, 2.24) is 9.88 Å². The van der Waals surface area contributed by atoms with Gasteiger partial charge in [0.05, 0.1) is 6.10 Å². The van der Waals surface area contributed by atoms with Crippen molar-refractivity contribution in [3.05, 3.63) is 30.1 Å². The summed E-state index contributed by atoms with van der Waals surface area (Å²) in [5, 5.41) is 10.1. The lowest BCUT2D eigenvalue weighted by molar-refractivity contribution is 0.0994. The predicted octanol–water partition coefficient (Wildman–Crippen LogP) is 2.45. The monoisotopic (exact) mass is 248 g/mol. The van der Waals surface area contributed by atoms with Gasteiger partial charge in [-0.1, -0.05) is 31.7 Å². The van der Waals surface area contributed by atoms with Crippen molar-refractivity contribution in [2.45, 2.75) is 44.8 Å². The molecule has 0 saturated heterocycles. The second-order valence-electron chi connectivity index (χ2n) is 5.60. The summed E-state index contributed by atoms with van der Waals surface area (Å²) >= 11 is 0. The van der Waals surface area contributed by atoms with Crippen LogP contribution >= 0.6 is 0 Å². The number of aliphatic hydroxyl groups is 1. The molecule has 1 aromatic rings. The first-order valence-electron chi connectivity index (χ1n) is 6.99. The predicted molar refractivity (Wildman–Crippen MR) is 73.2 cm³/mol. The Morgan fingerprint density at radius 2 is 2.22 bits per heavy atom. The molecule has 1 aromatic heterocycles. The van der Waals surface area contributed by atoms with E-state index in [1.165, 1.54) is 31.2 Å². The van der Waals surface area contributed by atoms with E-state index in [2.05, 4.69) is 23.0 Å². The summed E-state index contributed by atoms with van der Waals surface area (Å²) in [5.41, 5.74) is 1.20. The fraction of sp³-hybridized carbons (Fsp3) is 0.667. The topological polar surface area (TPSA) is 36.4 Å². The zero-order valence-corrected chi connectivity index (χ0v) is 11.3. The number of nitrogens with zero attached hydrogens (tertiary/aromatic N) is 2. The van der Waals surface area contributed by atoms with E-state index >= 15 is 0 Å². The van der Waals surface area contributed by atoms with Crippen molar-refractivity contribution in [2.75, 3.05) is 13.6 Å². The van der Waals surface area contributed by atoms with Crippen LogP contribution in [0.1, 0.15) is 37.7 Å². The van der Waals surface area contributed by atoms with Gasteiger partial charge < -0.3 is 5.11 Å². The molecule has 0 amide bonds. The summed E-state index contributed by atoms with van der Waals surface area (Å²) in [4.78, 5) is 6.29. The Labute approximate surface area is 110 Å². The van der Waals surface area contributed by atoms with E-state index in [0.29, 0.717) is 0 Å². The molecule has 1 aliphatic rings. The summed E-state index contributed by atoms with van der Waals surface area (Å²) in [6, 6.07) is 4.03. The first-order valence-corrected chi connectivity index (χ1v) is 6.99. The summed E-state index contributed by atoms with van der Waals surface area (Å²) in [6.07, 6.45) is 9.78. The number of rotatable bonds is 6. The number of hydrogen-bond acceptors (Lipinski definition) is 3. The number of likely N-dealkylation sites (N-methyl/N-ethyl adjacent to an activating group) is 1. The molecule has 1 saturated carbocycles. The SMILES string of the molecule is CN(Cc1cccnc1)CC(O)CC1CCCC1. The third-order valence-electron chi connectivity index (χ3n) is 3.78. The van der Waals surface area contributed by atoms with Gasteiger partial charge in [-0.3, -0.25) is 9.88 Å². The van der Waals surface area contributed by atoms with Gasteiger partial charge >= 0.3 is 0 Å². The Kier molecular flexibility index (Phi) is 5.14. The Morgan fingerprint density at radius 1 is 1.44 bits per heavy atom. The molecule has 1 atom stereocenters. The maximum Gasteiger partial charge on any atom is 0.0669 e. The number of aliphatic hydroxyl groups excluding tert-OH is 1. The highest BCUT2D eigenvalue weighted by Crippen LogP contribution is 2.28. The highest BCUT2D eigenvalue weighted by atomic mass is 16.3. The Morgan fingerprint density at radius 3 is 2.89 bits per heavy atom. The normalized spacial score (nSPS) is 18.4. The van der Waals surface area contributed by atoms with Gasteiger partial charge in [-0.15, -0.1) is 0 Å². The third kappa shape index (κ3) is 4.39. The molecule has 1 unspecified atom stereocenters. The summed E-state index contributed by atoms with van der Waals surface area (Å²) in [7, 11) is 2.06. The standard InChI is InChI=1S/C15H24N2O/c1-17(11-14-7-4-8-16-10-14)12-15(18)9-13-5-2-3-6-13/h4,7-8,10,13,15,18H,2-3,5-6,9,11-12H2,1H3. The van der Waals surface area contributed by atoms with Crippen molar-refractivity contribution in [2.24, 2.45) is 5.92 Å². The van der Waals surface area contributed by atoms with Crippen molar-refractivity contribution >= 4 is 0 Å². The van der Waals surface area contributed by atoms with Gasteiger partial charge in [-0.2, -0.15) is 0 Å². The molecule has 3 heteroatoms. The highest BCUT2D eigenvalue weighted by Gasteiger charge is 2.19. The van der Waals surface area contributed by atoms with Crippen LogP contribution in [-0.4, -0.2) is 34.7 Å². The van der Waals surface area contributed by atoms with E-state index in [-0.39, 0.29) is 6.10 Å². The van der Waals surface area contributed by atoms with Gasteiger partial charge in [0.15, 0.2) is 0 Å². The summed E-state index contributed by atoms with van der Waals surface area (Å²) in [5.74, 6) is 0.756. The quantitative estimate of drug-likeness (QED) is 0.840. The van der Waals surface area contributed by atoms with E-state index in [0.717, 1.165) is 25.4 Å². The second-order valence-corrected chi connectivity index (χ2v) is 5.60. The lowest BCUT2D eigenvalue weighted by Gasteiger charge is -2.22. The molecular weight excluding hydrogens is 224 g/mol. The fourth-order valence-corrected chi connectivity index (χ4v) is 2.93. The second kappa shape index (κ2) is 6.86. The van der Waals surface area contributed by atoms with E-state index < -0.39 is 0 Å². The van der Waals surface area contributed by atoms with Crippen LogP contribution in [0.3, 0.4) is 0 Å². The van der Waals surface area contributed by atoms with Crippen LogP contribution in [0.25, 0.3) is 0 Å². The van der Waals surface area contributed by atoms with E-state index in [1.54, 1.807) is 6.20 Å². The molecule has 1 N–H and O–H groups in total. The molecule has 2 rings (SSSR count). The third-order valence-corrected chi connectivity index (χ3v) is 3.78. The van der Waals surface area contributed by atoms with Crippen molar-refractivity contribution < 1.29 is 5.11 Å². The maximum atomic E-state index is 10.1. The smallest absolute Gasteiger partial charge is 0.0669 e. The van der Waals surface area contributed by atoms with Crippen LogP contribution in [0.5, 0.6) is 0 Å². The molecule has 0 bridgehead atoms. The van der Waals surface area contributed by atoms with Crippen LogP contribution in [-0.2, 0) is 6.54 Å². The Balaban J connectivity index is 1.71. The summed E-state index contributed by atoms with van der Waals surface area (Å²) in [6.45, 7) is 1.61. The van der Waals surface area contributed by atoms with E-state index in [9.17, 15) is 5.11 Å². The molecule has 1 fully saturated rings. The minimum atomic E-state index is -0.185. The van der Waals surface area contributed by atoms with E-state index in [1.807, 2.05) is 12.3 Å². The molecule has 1 aliphatic carbocycles. The first-order chi connectivity index (χ1) is 8.74. The zero-order valence-electron chi connectivity index (χ0n) is 11.3. The van der Waals surface area contributed by atoms with Crippen molar-refractivity contribution in [3.63, 3.8) is 0 Å². The lowest BCUT2D eigenvalue weighted by Crippen LogP contribution is -2.30. The molecule has 0 aromatic carbocycles. The van der Waals surface area contributed by atoms with Crippen LogP contribution in [0.2, 0.25) is 0 Å². The maximum absolute atomic E-state index is 10.1. The minimum absolute atomic E-state index is 0.185. The van der Waals surface area contributed by atoms with Gasteiger partial charge in [0.2, 0.25) is 0 Å². The Bertz CT molecular complexity index is 336. The first kappa shape index (κ1) is 13.5. The molecular formula is C15H24N2O. The van der Waals surface area contributed by atoms with E-state index in [4.69, 9.17) is 0 Å². The molecule has 0 aliphatic heterocycles. The Hall–Kier alpha value is -0.930. The highest BCUT2D eigenvalue weighted by molar-refractivity contribution is 5.07. The largest absolute Gasteiger partial charge is 0.392 e. The molecule has 18 heavy (non-hydrogen) atoms. The van der Waals surface area contributed by atoms with Crippen LogP contribution in [0, 0.1) is 5.92 Å². The minimum Gasteiger partial charge on any atom is -0.392 e. The lowest BCUT2D eigenvalue weighted by atomic mass is 10.00. The molecule has 3 nitrogen and oxygen atoms in total. The van der Waals surface area contributed by atoms with Crippen LogP contribution in [0.4, 0.5) is 0 Å². The van der Waals surface area contributed by atoms with Gasteiger partial charge in [0, 0.05) is 25.5 Å². The zero-order chi connectivity index (χ0) is 12.8. The molecule has 0 spiro atoms. The average Bonchev–Trinajstić information content (AvgIpc) is 2.82. The number of aromatic nitrogens is 1. The van der Waals surface area contributed by atoms with Gasteiger partial charge in [0.25, 0.3) is 0 Å². The van der Waals surface area contributed by atoms with Crippen LogP contribution < -0.4 is 0 Å². The van der Waals surface area contributed by atoms with Gasteiger partial charge in [-0.05, 0) is 31.0 Å². The van der Waals surface area contributed by atoms with Gasteiger partial charge in [-0.25, -0.2) is 0 Å². The fourth-order valence-electron chi connectivity index (χ4n) is 2.93. The molecule has 1 heterocycles. The van der Waals surface area contributed by atoms with Crippen molar-refractivity contribution in [3.8, 4) is 0 Å². The number of hydrogen-bond donors (Lipinski definition) is 1. The average molecular weight is 248 g/mol. The van der Waals surface area contributed by atoms with Crippen molar-refractivity contribution in [1.29, 1.82) is 0 Å². The number of pyridine rings is 1. The summed E-state index contributed by atoms with van der Waals surface area (Å²) < 4.78 is 0. The molecule has 0 radical (unpaired) electrons. The van der Waals surface area contributed by atoms with Crippen LogP contribution in [0.15, 0.2) is 24.5 Å². The molecule has 100 valence electrons.